The summed E-state index contributed by atoms with van der Waals surface area (Å²) >= 11 is 5.82. The fraction of sp³-hybridized carbons (Fsp3) is 0.188. The second-order valence-electron chi connectivity index (χ2n) is 4.59. The maximum absolute atomic E-state index is 11.8. The molecule has 2 rings (SSSR count). The number of anilines is 1. The predicted octanol–water partition coefficient (Wildman–Crippen LogP) is 4.96. The summed E-state index contributed by atoms with van der Waals surface area (Å²) in [6.07, 6.45) is -0.811. The average Bonchev–Trinajstić information content (AvgIpc) is 2.42. The van der Waals surface area contributed by atoms with Crippen LogP contribution in [0.3, 0.4) is 0 Å². The highest BCUT2D eigenvalue weighted by Gasteiger charge is 2.11. The first-order valence-electron chi connectivity index (χ1n) is 6.34. The van der Waals surface area contributed by atoms with E-state index in [9.17, 15) is 4.79 Å². The molecule has 0 aliphatic carbocycles. The van der Waals surface area contributed by atoms with Gasteiger partial charge in [0.05, 0.1) is 0 Å². The summed E-state index contributed by atoms with van der Waals surface area (Å²) in [6, 6.07) is 14.8. The van der Waals surface area contributed by atoms with Crippen molar-refractivity contribution < 1.29 is 9.53 Å². The van der Waals surface area contributed by atoms with Crippen molar-refractivity contribution in [3.05, 3.63) is 64.7 Å². The molecule has 0 spiro atoms. The van der Waals surface area contributed by atoms with Gasteiger partial charge >= 0.3 is 6.09 Å². The molecule has 104 valence electrons. The number of hydrogen-bond donors (Lipinski definition) is 1. The molecule has 2 aromatic rings. The zero-order valence-corrected chi connectivity index (χ0v) is 12.1. The van der Waals surface area contributed by atoms with Crippen molar-refractivity contribution in [2.75, 3.05) is 5.32 Å². The number of rotatable bonds is 3. The summed E-state index contributed by atoms with van der Waals surface area (Å²) in [5, 5.41) is 3.35. The van der Waals surface area contributed by atoms with E-state index in [0.717, 1.165) is 11.1 Å². The van der Waals surface area contributed by atoms with Crippen LogP contribution in [0.15, 0.2) is 48.5 Å². The van der Waals surface area contributed by atoms with Crippen molar-refractivity contribution in [3.63, 3.8) is 0 Å². The number of carbonyl (C=O) groups excluding carboxylic acids is 1. The molecular weight excluding hydrogens is 274 g/mol. The number of aryl methyl sites for hydroxylation is 1. The minimum Gasteiger partial charge on any atom is -0.441 e. The Morgan fingerprint density at radius 2 is 1.70 bits per heavy atom. The number of halogens is 1. The molecule has 0 aliphatic rings. The lowest BCUT2D eigenvalue weighted by Gasteiger charge is -2.14. The van der Waals surface area contributed by atoms with E-state index in [2.05, 4.69) is 5.32 Å². The largest absolute Gasteiger partial charge is 0.441 e. The fourth-order valence-corrected chi connectivity index (χ4v) is 1.87. The van der Waals surface area contributed by atoms with Crippen molar-refractivity contribution in [1.82, 2.24) is 0 Å². The lowest BCUT2D eigenvalue weighted by Crippen LogP contribution is -2.15. The van der Waals surface area contributed by atoms with E-state index in [1.165, 1.54) is 0 Å². The van der Waals surface area contributed by atoms with Crippen LogP contribution >= 0.6 is 11.6 Å². The highest BCUT2D eigenvalue weighted by Crippen LogP contribution is 2.20. The zero-order chi connectivity index (χ0) is 14.5. The number of hydrogen-bond acceptors (Lipinski definition) is 2. The SMILES string of the molecule is Cc1ccc(NC(=O)O[C@@H](C)c2ccc(Cl)cc2)cc1. The van der Waals surface area contributed by atoms with Gasteiger partial charge < -0.3 is 4.74 Å². The van der Waals surface area contributed by atoms with E-state index in [4.69, 9.17) is 16.3 Å². The molecular formula is C16H16ClNO2. The summed E-state index contributed by atoms with van der Waals surface area (Å²) in [6.45, 7) is 3.81. The molecule has 0 unspecified atom stereocenters. The maximum atomic E-state index is 11.8. The van der Waals surface area contributed by atoms with E-state index in [-0.39, 0.29) is 6.10 Å². The summed E-state index contributed by atoms with van der Waals surface area (Å²) in [5.74, 6) is 0. The van der Waals surface area contributed by atoms with Crippen molar-refractivity contribution >= 4 is 23.4 Å². The molecule has 20 heavy (non-hydrogen) atoms. The van der Waals surface area contributed by atoms with Crippen LogP contribution in [-0.4, -0.2) is 6.09 Å². The van der Waals surface area contributed by atoms with Gasteiger partial charge in [0, 0.05) is 10.7 Å². The number of amides is 1. The molecule has 0 aromatic heterocycles. The quantitative estimate of drug-likeness (QED) is 0.867. The first-order valence-corrected chi connectivity index (χ1v) is 6.72. The first kappa shape index (κ1) is 14.4. The van der Waals surface area contributed by atoms with E-state index in [1.807, 2.05) is 50.2 Å². The Bertz CT molecular complexity index is 578. The van der Waals surface area contributed by atoms with Crippen molar-refractivity contribution in [2.45, 2.75) is 20.0 Å². The smallest absolute Gasteiger partial charge is 0.412 e. The second kappa shape index (κ2) is 6.44. The third-order valence-corrected chi connectivity index (χ3v) is 3.17. The van der Waals surface area contributed by atoms with Gasteiger partial charge in [-0.2, -0.15) is 0 Å². The number of ether oxygens (including phenoxy) is 1. The van der Waals surface area contributed by atoms with E-state index in [0.29, 0.717) is 10.7 Å². The molecule has 1 N–H and O–H groups in total. The Morgan fingerprint density at radius 1 is 1.10 bits per heavy atom. The molecule has 0 heterocycles. The van der Waals surface area contributed by atoms with E-state index in [1.54, 1.807) is 12.1 Å². The first-order chi connectivity index (χ1) is 9.54. The van der Waals surface area contributed by atoms with Gasteiger partial charge in [-0.25, -0.2) is 4.79 Å². The zero-order valence-electron chi connectivity index (χ0n) is 11.4. The highest BCUT2D eigenvalue weighted by atomic mass is 35.5. The van der Waals surface area contributed by atoms with Gasteiger partial charge in [-0.15, -0.1) is 0 Å². The van der Waals surface area contributed by atoms with Crippen LogP contribution in [0.1, 0.15) is 24.2 Å². The van der Waals surface area contributed by atoms with Crippen LogP contribution < -0.4 is 5.32 Å². The third-order valence-electron chi connectivity index (χ3n) is 2.92. The molecule has 4 heteroatoms. The summed E-state index contributed by atoms with van der Waals surface area (Å²) < 4.78 is 5.32. The van der Waals surface area contributed by atoms with E-state index < -0.39 is 6.09 Å². The lowest BCUT2D eigenvalue weighted by molar-refractivity contribution is 0.121. The summed E-state index contributed by atoms with van der Waals surface area (Å²) in [7, 11) is 0. The molecule has 1 amide bonds. The third kappa shape index (κ3) is 4.00. The average molecular weight is 290 g/mol. The number of nitrogens with one attached hydrogen (secondary N) is 1. The van der Waals surface area contributed by atoms with E-state index >= 15 is 0 Å². The standard InChI is InChI=1S/C16H16ClNO2/c1-11-3-9-15(10-4-11)18-16(19)20-12(2)13-5-7-14(17)8-6-13/h3-10,12H,1-2H3,(H,18,19)/t12-/m0/s1. The van der Waals surface area contributed by atoms with Gasteiger partial charge in [-0.3, -0.25) is 5.32 Å². The topological polar surface area (TPSA) is 38.3 Å². The van der Waals surface area contributed by atoms with Gasteiger partial charge in [0.1, 0.15) is 6.10 Å². The minimum absolute atomic E-state index is 0.335. The Hall–Kier alpha value is -2.00. The lowest BCUT2D eigenvalue weighted by atomic mass is 10.1. The Balaban J connectivity index is 1.93. The van der Waals surface area contributed by atoms with Crippen molar-refractivity contribution in [2.24, 2.45) is 0 Å². The Morgan fingerprint density at radius 3 is 2.30 bits per heavy atom. The van der Waals surface area contributed by atoms with Crippen LogP contribution in [0.4, 0.5) is 10.5 Å². The van der Waals surface area contributed by atoms with Crippen LogP contribution in [0, 0.1) is 6.92 Å². The van der Waals surface area contributed by atoms with Crippen LogP contribution in [0.2, 0.25) is 5.02 Å². The molecule has 3 nitrogen and oxygen atoms in total. The van der Waals surface area contributed by atoms with Gasteiger partial charge in [0.25, 0.3) is 0 Å². The van der Waals surface area contributed by atoms with Gasteiger partial charge in [-0.1, -0.05) is 41.4 Å². The molecule has 0 saturated heterocycles. The normalized spacial score (nSPS) is 11.8. The highest BCUT2D eigenvalue weighted by molar-refractivity contribution is 6.30. The van der Waals surface area contributed by atoms with Gasteiger partial charge in [-0.05, 0) is 43.7 Å². The second-order valence-corrected chi connectivity index (χ2v) is 5.03. The molecule has 0 bridgehead atoms. The predicted molar refractivity (Wildman–Crippen MR) is 81.1 cm³/mol. The van der Waals surface area contributed by atoms with Gasteiger partial charge in [0.15, 0.2) is 0 Å². The van der Waals surface area contributed by atoms with Crippen LogP contribution in [-0.2, 0) is 4.74 Å². The molecule has 0 saturated carbocycles. The molecule has 0 radical (unpaired) electrons. The summed E-state index contributed by atoms with van der Waals surface area (Å²) in [4.78, 5) is 11.8. The van der Waals surface area contributed by atoms with Gasteiger partial charge in [0.2, 0.25) is 0 Å². The molecule has 0 fully saturated rings. The fourth-order valence-electron chi connectivity index (χ4n) is 1.75. The van der Waals surface area contributed by atoms with Crippen molar-refractivity contribution in [3.8, 4) is 0 Å². The molecule has 0 aliphatic heterocycles. The number of carbonyl (C=O) groups is 1. The summed E-state index contributed by atoms with van der Waals surface area (Å²) in [5.41, 5.74) is 2.75. The Kier molecular flexibility index (Phi) is 4.64. The maximum Gasteiger partial charge on any atom is 0.412 e. The van der Waals surface area contributed by atoms with Crippen molar-refractivity contribution in [1.29, 1.82) is 0 Å². The van der Waals surface area contributed by atoms with Crippen LogP contribution in [0.25, 0.3) is 0 Å². The molecule has 1 atom stereocenters. The monoisotopic (exact) mass is 289 g/mol. The minimum atomic E-state index is -0.476. The van der Waals surface area contributed by atoms with Crippen LogP contribution in [0.5, 0.6) is 0 Å². The number of benzene rings is 2. The Labute approximate surface area is 123 Å². The molecule has 2 aromatic carbocycles.